The van der Waals surface area contributed by atoms with Gasteiger partial charge in [-0.05, 0) is 29.7 Å². The molecular weight excluding hydrogens is 262 g/mol. The molecule has 0 aliphatic carbocycles. The summed E-state index contributed by atoms with van der Waals surface area (Å²) in [5.74, 6) is 0.170. The summed E-state index contributed by atoms with van der Waals surface area (Å²) in [7, 11) is 0. The number of amides is 1. The number of hydrogen-bond acceptors (Lipinski definition) is 3. The van der Waals surface area contributed by atoms with Gasteiger partial charge in [0.25, 0.3) is 0 Å². The molecule has 2 aliphatic rings. The third-order valence-corrected chi connectivity index (χ3v) is 4.46. The van der Waals surface area contributed by atoms with E-state index in [1.165, 1.54) is 11.1 Å². The van der Waals surface area contributed by atoms with E-state index >= 15 is 0 Å². The maximum Gasteiger partial charge on any atom is 0.233 e. The fraction of sp³-hybridized carbons (Fsp3) is 0.294. The Labute approximate surface area is 123 Å². The van der Waals surface area contributed by atoms with Crippen molar-refractivity contribution in [3.8, 4) is 0 Å². The van der Waals surface area contributed by atoms with Gasteiger partial charge in [0.1, 0.15) is 0 Å². The molecule has 1 N–H and O–H groups in total. The Morgan fingerprint density at radius 1 is 1.19 bits per heavy atom. The average molecular weight is 279 g/mol. The van der Waals surface area contributed by atoms with E-state index in [2.05, 4.69) is 27.3 Å². The molecule has 4 nitrogen and oxygen atoms in total. The smallest absolute Gasteiger partial charge is 0.233 e. The number of aromatic nitrogens is 1. The van der Waals surface area contributed by atoms with Crippen molar-refractivity contribution in [2.24, 2.45) is 5.41 Å². The number of nitrogens with zero attached hydrogens (tertiary/aromatic N) is 2. The van der Waals surface area contributed by atoms with E-state index < -0.39 is 0 Å². The molecule has 4 rings (SSSR count). The first kappa shape index (κ1) is 12.5. The molecule has 4 heteroatoms. The van der Waals surface area contributed by atoms with Gasteiger partial charge in [-0.1, -0.05) is 24.3 Å². The summed E-state index contributed by atoms with van der Waals surface area (Å²) in [5.41, 5.74) is 3.18. The topological polar surface area (TPSA) is 45.2 Å². The molecular formula is C17H17N3O. The number of nitrogens with one attached hydrogen (secondary N) is 1. The van der Waals surface area contributed by atoms with Crippen molar-refractivity contribution in [2.75, 3.05) is 18.4 Å². The van der Waals surface area contributed by atoms with Crippen LogP contribution < -0.4 is 5.32 Å². The molecule has 106 valence electrons. The van der Waals surface area contributed by atoms with Crippen LogP contribution in [-0.4, -0.2) is 28.9 Å². The molecule has 21 heavy (non-hydrogen) atoms. The monoisotopic (exact) mass is 279 g/mol. The predicted molar refractivity (Wildman–Crippen MR) is 80.7 cm³/mol. The number of para-hydroxylation sites is 1. The van der Waals surface area contributed by atoms with E-state index in [-0.39, 0.29) is 11.3 Å². The summed E-state index contributed by atoms with van der Waals surface area (Å²) in [6.45, 7) is 2.51. The molecule has 1 aromatic carbocycles. The molecule has 2 aliphatic heterocycles. The highest BCUT2D eigenvalue weighted by molar-refractivity contribution is 5.99. The number of benzene rings is 1. The van der Waals surface area contributed by atoms with Gasteiger partial charge < -0.3 is 5.32 Å². The van der Waals surface area contributed by atoms with Crippen molar-refractivity contribution < 1.29 is 4.79 Å². The molecule has 1 fully saturated rings. The van der Waals surface area contributed by atoms with Gasteiger partial charge in [0, 0.05) is 37.7 Å². The van der Waals surface area contributed by atoms with Crippen molar-refractivity contribution in [1.82, 2.24) is 9.88 Å². The van der Waals surface area contributed by atoms with Gasteiger partial charge >= 0.3 is 0 Å². The second-order valence-electron chi connectivity index (χ2n) is 6.07. The molecule has 0 bridgehead atoms. The van der Waals surface area contributed by atoms with Crippen molar-refractivity contribution in [1.29, 1.82) is 0 Å². The maximum absolute atomic E-state index is 12.4. The number of likely N-dealkylation sites (tertiary alicyclic amines) is 1. The van der Waals surface area contributed by atoms with E-state index in [0.29, 0.717) is 0 Å². The SMILES string of the molecule is O=C1Nc2ccccc2CC12CN(Cc1cccnc1)C2. The second kappa shape index (κ2) is 4.67. The Bertz CT molecular complexity index is 677. The van der Waals surface area contributed by atoms with Crippen LogP contribution in [0.5, 0.6) is 0 Å². The molecule has 1 saturated heterocycles. The van der Waals surface area contributed by atoms with E-state index in [0.717, 1.165) is 31.7 Å². The van der Waals surface area contributed by atoms with Gasteiger partial charge in [-0.3, -0.25) is 14.7 Å². The molecule has 0 unspecified atom stereocenters. The van der Waals surface area contributed by atoms with Gasteiger partial charge in [0.05, 0.1) is 5.41 Å². The molecule has 1 amide bonds. The molecule has 1 spiro atoms. The number of pyridine rings is 1. The fourth-order valence-corrected chi connectivity index (χ4v) is 3.42. The normalized spacial score (nSPS) is 19.7. The van der Waals surface area contributed by atoms with Crippen LogP contribution in [0.15, 0.2) is 48.8 Å². The molecule has 0 saturated carbocycles. The van der Waals surface area contributed by atoms with Crippen LogP contribution >= 0.6 is 0 Å². The first-order chi connectivity index (χ1) is 10.3. The van der Waals surface area contributed by atoms with E-state index in [4.69, 9.17) is 0 Å². The maximum atomic E-state index is 12.4. The summed E-state index contributed by atoms with van der Waals surface area (Å²) in [6.07, 6.45) is 4.52. The van der Waals surface area contributed by atoms with E-state index in [1.54, 1.807) is 6.20 Å². The first-order valence-electron chi connectivity index (χ1n) is 7.26. The number of anilines is 1. The summed E-state index contributed by atoms with van der Waals surface area (Å²) in [6, 6.07) is 12.1. The quantitative estimate of drug-likeness (QED) is 0.915. The Balaban J connectivity index is 1.48. The minimum Gasteiger partial charge on any atom is -0.325 e. The minimum atomic E-state index is -0.240. The van der Waals surface area contributed by atoms with Crippen LogP contribution in [0.3, 0.4) is 0 Å². The van der Waals surface area contributed by atoms with E-state index in [9.17, 15) is 4.79 Å². The standard InChI is InChI=1S/C17H17N3O/c21-16-17(8-14-5-1-2-6-15(14)19-16)11-20(12-17)10-13-4-3-7-18-9-13/h1-7,9H,8,10-12H2,(H,19,21). The molecule has 1 aromatic heterocycles. The van der Waals surface area contributed by atoms with Crippen molar-refractivity contribution in [2.45, 2.75) is 13.0 Å². The first-order valence-corrected chi connectivity index (χ1v) is 7.26. The molecule has 0 radical (unpaired) electrons. The van der Waals surface area contributed by atoms with E-state index in [1.807, 2.05) is 30.5 Å². The zero-order chi connectivity index (χ0) is 14.3. The molecule has 0 atom stereocenters. The van der Waals surface area contributed by atoms with Gasteiger partial charge in [-0.25, -0.2) is 0 Å². The lowest BCUT2D eigenvalue weighted by atomic mass is 9.71. The fourth-order valence-electron chi connectivity index (χ4n) is 3.42. The van der Waals surface area contributed by atoms with Crippen LogP contribution in [0.4, 0.5) is 5.69 Å². The highest BCUT2D eigenvalue weighted by Gasteiger charge is 2.51. The number of fused-ring (bicyclic) bond motifs is 1. The van der Waals surface area contributed by atoms with Gasteiger partial charge in [0.15, 0.2) is 0 Å². The Hall–Kier alpha value is -2.20. The Morgan fingerprint density at radius 2 is 2.05 bits per heavy atom. The van der Waals surface area contributed by atoms with Crippen LogP contribution in [0.2, 0.25) is 0 Å². The predicted octanol–water partition coefficient (Wildman–Crippen LogP) is 2.08. The summed E-state index contributed by atoms with van der Waals surface area (Å²) < 4.78 is 0. The van der Waals surface area contributed by atoms with Crippen LogP contribution in [0.1, 0.15) is 11.1 Å². The lowest BCUT2D eigenvalue weighted by molar-refractivity contribution is -0.137. The minimum absolute atomic E-state index is 0.170. The summed E-state index contributed by atoms with van der Waals surface area (Å²) in [5, 5.41) is 3.06. The van der Waals surface area contributed by atoms with Crippen LogP contribution in [0, 0.1) is 5.41 Å². The number of hydrogen-bond donors (Lipinski definition) is 1. The van der Waals surface area contributed by atoms with Gasteiger partial charge in [0.2, 0.25) is 5.91 Å². The third-order valence-electron chi connectivity index (χ3n) is 4.46. The van der Waals surface area contributed by atoms with Gasteiger partial charge in [-0.15, -0.1) is 0 Å². The zero-order valence-corrected chi connectivity index (χ0v) is 11.7. The highest BCUT2D eigenvalue weighted by atomic mass is 16.2. The molecule has 3 heterocycles. The second-order valence-corrected chi connectivity index (χ2v) is 6.07. The van der Waals surface area contributed by atoms with Crippen molar-refractivity contribution in [3.05, 3.63) is 59.9 Å². The lowest BCUT2D eigenvalue weighted by Gasteiger charge is -2.51. The van der Waals surface area contributed by atoms with Crippen molar-refractivity contribution >= 4 is 11.6 Å². The third kappa shape index (κ3) is 2.12. The number of carbonyl (C=O) groups is 1. The Morgan fingerprint density at radius 3 is 2.86 bits per heavy atom. The average Bonchev–Trinajstić information content (AvgIpc) is 2.47. The Kier molecular flexibility index (Phi) is 2.79. The zero-order valence-electron chi connectivity index (χ0n) is 11.7. The largest absolute Gasteiger partial charge is 0.325 e. The van der Waals surface area contributed by atoms with Crippen molar-refractivity contribution in [3.63, 3.8) is 0 Å². The summed E-state index contributed by atoms with van der Waals surface area (Å²) in [4.78, 5) is 18.9. The highest BCUT2D eigenvalue weighted by Crippen LogP contribution is 2.41. The summed E-state index contributed by atoms with van der Waals surface area (Å²) >= 11 is 0. The number of rotatable bonds is 2. The lowest BCUT2D eigenvalue weighted by Crippen LogP contribution is -2.63. The van der Waals surface area contributed by atoms with Crippen LogP contribution in [-0.2, 0) is 17.8 Å². The number of carbonyl (C=O) groups excluding carboxylic acids is 1. The van der Waals surface area contributed by atoms with Crippen LogP contribution in [0.25, 0.3) is 0 Å². The molecule has 2 aromatic rings. The van der Waals surface area contributed by atoms with Gasteiger partial charge in [-0.2, -0.15) is 0 Å².